The zero-order chi connectivity index (χ0) is 23.9. The van der Waals surface area contributed by atoms with Crippen molar-refractivity contribution in [1.29, 1.82) is 0 Å². The van der Waals surface area contributed by atoms with E-state index in [-0.39, 0.29) is 12.1 Å². The molecule has 1 saturated heterocycles. The molecule has 9 heteroatoms. The number of hydrogen-bond acceptors (Lipinski definition) is 8. The first kappa shape index (κ1) is 23.0. The second-order valence-electron chi connectivity index (χ2n) is 10.1. The number of hydrogen-bond donors (Lipinski definition) is 3. The molecule has 5 rings (SSSR count). The number of methoxy groups -OCH3 is 1. The van der Waals surface area contributed by atoms with Gasteiger partial charge in [0.2, 0.25) is 5.95 Å². The SMILES string of the molecule is COC[C@H](C)Nc1ncc2c(-c3ccnc(N4CC(C)(O)C4)c3)cc([C@H]3CC[C@H](O)CC3)n2n1. The van der Waals surface area contributed by atoms with Crippen molar-refractivity contribution in [3.8, 4) is 11.1 Å². The van der Waals surface area contributed by atoms with Crippen LogP contribution in [-0.4, -0.2) is 74.3 Å². The molecular formula is C25H34N6O3. The Balaban J connectivity index is 1.53. The predicted molar refractivity (Wildman–Crippen MR) is 131 cm³/mol. The maximum absolute atomic E-state index is 10.1. The molecule has 1 aliphatic heterocycles. The van der Waals surface area contributed by atoms with E-state index in [0.717, 1.165) is 53.8 Å². The van der Waals surface area contributed by atoms with Crippen LogP contribution in [0.15, 0.2) is 30.6 Å². The number of β-amino-alcohol motifs (C(OH)–C–C–N with tert-alkyl or cyclic N) is 1. The van der Waals surface area contributed by atoms with E-state index in [9.17, 15) is 10.2 Å². The number of rotatable bonds is 7. The van der Waals surface area contributed by atoms with E-state index < -0.39 is 5.60 Å². The third-order valence-electron chi connectivity index (χ3n) is 6.90. The van der Waals surface area contributed by atoms with Gasteiger partial charge in [0.05, 0.1) is 30.0 Å². The monoisotopic (exact) mass is 466 g/mol. The molecule has 2 aliphatic rings. The van der Waals surface area contributed by atoms with Gasteiger partial charge in [0.15, 0.2) is 0 Å². The largest absolute Gasteiger partial charge is 0.393 e. The zero-order valence-electron chi connectivity index (χ0n) is 20.1. The Morgan fingerprint density at radius 1 is 1.21 bits per heavy atom. The van der Waals surface area contributed by atoms with Crippen LogP contribution in [0.5, 0.6) is 0 Å². The van der Waals surface area contributed by atoms with Gasteiger partial charge < -0.3 is 25.2 Å². The molecule has 3 aromatic heterocycles. The van der Waals surface area contributed by atoms with Crippen LogP contribution in [0.1, 0.15) is 51.1 Å². The number of aromatic nitrogens is 4. The molecule has 3 N–H and O–H groups in total. The average Bonchev–Trinajstić information content (AvgIpc) is 3.17. The molecule has 0 spiro atoms. The van der Waals surface area contributed by atoms with E-state index in [1.807, 2.05) is 36.8 Å². The van der Waals surface area contributed by atoms with Gasteiger partial charge in [0.25, 0.3) is 0 Å². The summed E-state index contributed by atoms with van der Waals surface area (Å²) in [7, 11) is 1.68. The summed E-state index contributed by atoms with van der Waals surface area (Å²) in [6.45, 7) is 5.60. The minimum Gasteiger partial charge on any atom is -0.393 e. The number of anilines is 2. The van der Waals surface area contributed by atoms with Crippen LogP contribution < -0.4 is 10.2 Å². The topological polar surface area (TPSA) is 108 Å². The average molecular weight is 467 g/mol. The summed E-state index contributed by atoms with van der Waals surface area (Å²) in [4.78, 5) is 11.2. The van der Waals surface area contributed by atoms with Gasteiger partial charge in [0, 0.05) is 49.6 Å². The molecule has 3 aromatic rings. The number of aliphatic hydroxyl groups is 2. The Morgan fingerprint density at radius 3 is 2.68 bits per heavy atom. The lowest BCUT2D eigenvalue weighted by Gasteiger charge is -2.45. The van der Waals surface area contributed by atoms with Crippen LogP contribution in [0.3, 0.4) is 0 Å². The van der Waals surface area contributed by atoms with Crippen molar-refractivity contribution in [2.24, 2.45) is 0 Å². The van der Waals surface area contributed by atoms with Crippen LogP contribution in [0.25, 0.3) is 16.6 Å². The van der Waals surface area contributed by atoms with Crippen molar-refractivity contribution in [3.63, 3.8) is 0 Å². The van der Waals surface area contributed by atoms with Crippen LogP contribution in [0, 0.1) is 0 Å². The van der Waals surface area contributed by atoms with Gasteiger partial charge in [-0.3, -0.25) is 0 Å². The third-order valence-corrected chi connectivity index (χ3v) is 6.90. The van der Waals surface area contributed by atoms with Gasteiger partial charge in [-0.25, -0.2) is 14.5 Å². The maximum atomic E-state index is 10.1. The highest BCUT2D eigenvalue weighted by Gasteiger charge is 2.37. The minimum atomic E-state index is -0.656. The second kappa shape index (κ2) is 9.13. The number of ether oxygens (including phenoxy) is 1. The summed E-state index contributed by atoms with van der Waals surface area (Å²) in [5.41, 5.74) is 3.55. The van der Waals surface area contributed by atoms with Crippen molar-refractivity contribution in [2.75, 3.05) is 37.0 Å². The molecule has 0 radical (unpaired) electrons. The first-order valence-electron chi connectivity index (χ1n) is 12.1. The zero-order valence-corrected chi connectivity index (χ0v) is 20.1. The lowest BCUT2D eigenvalue weighted by atomic mass is 9.85. The molecule has 1 atom stereocenters. The van der Waals surface area contributed by atoms with Gasteiger partial charge in [-0.2, -0.15) is 0 Å². The highest BCUT2D eigenvalue weighted by atomic mass is 16.5. The number of aliphatic hydroxyl groups excluding tert-OH is 1. The minimum absolute atomic E-state index is 0.0854. The Labute approximate surface area is 199 Å². The number of pyridine rings is 1. The molecular weight excluding hydrogens is 432 g/mol. The van der Waals surface area contributed by atoms with Gasteiger partial charge in [-0.1, -0.05) is 0 Å². The summed E-state index contributed by atoms with van der Waals surface area (Å²) in [5.74, 6) is 1.75. The van der Waals surface area contributed by atoms with Crippen molar-refractivity contribution in [3.05, 3.63) is 36.3 Å². The summed E-state index contributed by atoms with van der Waals surface area (Å²) >= 11 is 0. The van der Waals surface area contributed by atoms with E-state index in [2.05, 4.69) is 32.3 Å². The molecule has 1 saturated carbocycles. The van der Waals surface area contributed by atoms with Gasteiger partial charge in [-0.15, -0.1) is 5.10 Å². The van der Waals surface area contributed by atoms with Crippen LogP contribution in [-0.2, 0) is 4.74 Å². The quantitative estimate of drug-likeness (QED) is 0.488. The molecule has 0 unspecified atom stereocenters. The van der Waals surface area contributed by atoms with Gasteiger partial charge >= 0.3 is 0 Å². The normalized spacial score (nSPS) is 23.0. The van der Waals surface area contributed by atoms with Crippen molar-refractivity contribution < 1.29 is 14.9 Å². The Hall–Kier alpha value is -2.75. The number of nitrogens with one attached hydrogen (secondary N) is 1. The van der Waals surface area contributed by atoms with Crippen LogP contribution in [0.4, 0.5) is 11.8 Å². The van der Waals surface area contributed by atoms with E-state index in [1.165, 1.54) is 0 Å². The molecule has 9 nitrogen and oxygen atoms in total. The van der Waals surface area contributed by atoms with E-state index in [4.69, 9.17) is 9.84 Å². The first-order chi connectivity index (χ1) is 16.3. The fraction of sp³-hybridized carbons (Fsp3) is 0.560. The molecule has 0 bridgehead atoms. The molecule has 2 fully saturated rings. The third kappa shape index (κ3) is 4.60. The second-order valence-corrected chi connectivity index (χ2v) is 10.1. The molecule has 34 heavy (non-hydrogen) atoms. The van der Waals surface area contributed by atoms with Crippen molar-refractivity contribution in [2.45, 2.75) is 63.2 Å². The Bertz CT molecular complexity index is 1150. The molecule has 1 aliphatic carbocycles. The number of nitrogens with zero attached hydrogens (tertiary/aromatic N) is 5. The standard InChI is InChI=1S/C25H34N6O3/c1-16(13-34-3)28-24-27-12-22-20(11-21(31(22)29-24)17-4-6-19(32)7-5-17)18-8-9-26-23(10-18)30-14-25(2,33)15-30/h8-12,16-17,19,32-33H,4-7,13-15H2,1-3H3,(H,28,29)/t16-,17-,19-/m0/s1. The maximum Gasteiger partial charge on any atom is 0.241 e. The molecule has 4 heterocycles. The van der Waals surface area contributed by atoms with Gasteiger partial charge in [0.1, 0.15) is 5.82 Å². The predicted octanol–water partition coefficient (Wildman–Crippen LogP) is 2.83. The summed E-state index contributed by atoms with van der Waals surface area (Å²) in [5, 5.41) is 28.3. The van der Waals surface area contributed by atoms with E-state index in [0.29, 0.717) is 31.6 Å². The van der Waals surface area contributed by atoms with Crippen LogP contribution >= 0.6 is 0 Å². The molecule has 0 aromatic carbocycles. The van der Waals surface area contributed by atoms with E-state index in [1.54, 1.807) is 7.11 Å². The summed E-state index contributed by atoms with van der Waals surface area (Å²) < 4.78 is 7.25. The number of fused-ring (bicyclic) bond motifs is 1. The lowest BCUT2D eigenvalue weighted by molar-refractivity contribution is 0.0305. The fourth-order valence-corrected chi connectivity index (χ4v) is 5.18. The van der Waals surface area contributed by atoms with Crippen molar-refractivity contribution in [1.82, 2.24) is 19.6 Å². The first-order valence-corrected chi connectivity index (χ1v) is 12.1. The van der Waals surface area contributed by atoms with Crippen LogP contribution in [0.2, 0.25) is 0 Å². The summed E-state index contributed by atoms with van der Waals surface area (Å²) in [6, 6.07) is 6.39. The highest BCUT2D eigenvalue weighted by Crippen LogP contribution is 2.38. The van der Waals surface area contributed by atoms with Gasteiger partial charge in [-0.05, 0) is 63.3 Å². The molecule has 0 amide bonds. The Kier molecular flexibility index (Phi) is 6.18. The Morgan fingerprint density at radius 2 is 1.97 bits per heavy atom. The van der Waals surface area contributed by atoms with Crippen molar-refractivity contribution >= 4 is 17.3 Å². The molecule has 182 valence electrons. The smallest absolute Gasteiger partial charge is 0.241 e. The van der Waals surface area contributed by atoms with E-state index >= 15 is 0 Å². The lowest BCUT2D eigenvalue weighted by Crippen LogP contribution is -2.60. The fourth-order valence-electron chi connectivity index (χ4n) is 5.18. The highest BCUT2D eigenvalue weighted by molar-refractivity contribution is 5.82. The summed E-state index contributed by atoms with van der Waals surface area (Å²) in [6.07, 6.45) is 6.97.